The fraction of sp³-hybridized carbons (Fsp3) is 0.364. The lowest BCUT2D eigenvalue weighted by atomic mass is 9.99. The first-order valence-corrected chi connectivity index (χ1v) is 10.2. The van der Waals surface area contributed by atoms with E-state index in [0.29, 0.717) is 24.4 Å². The molecule has 3 aromatic rings. The third-order valence-corrected chi connectivity index (χ3v) is 5.62. The summed E-state index contributed by atoms with van der Waals surface area (Å²) in [6.45, 7) is 3.11. The van der Waals surface area contributed by atoms with Crippen LogP contribution in [0.2, 0.25) is 0 Å². The largest absolute Gasteiger partial charge is 0.491 e. The number of nitrogens with zero attached hydrogens (tertiary/aromatic N) is 5. The Balaban J connectivity index is 1.30. The minimum absolute atomic E-state index is 0.0397. The summed E-state index contributed by atoms with van der Waals surface area (Å²) in [5.74, 6) is 0.478. The minimum Gasteiger partial charge on any atom is -0.491 e. The number of carbonyl (C=O) groups is 1. The summed E-state index contributed by atoms with van der Waals surface area (Å²) in [5.41, 5.74) is 1.63. The van der Waals surface area contributed by atoms with Gasteiger partial charge in [0.15, 0.2) is 6.33 Å². The van der Waals surface area contributed by atoms with Gasteiger partial charge in [-0.3, -0.25) is 4.79 Å². The molecule has 31 heavy (non-hydrogen) atoms. The van der Waals surface area contributed by atoms with E-state index in [1.807, 2.05) is 4.90 Å². The van der Waals surface area contributed by atoms with Crippen LogP contribution >= 0.6 is 0 Å². The second-order valence-electron chi connectivity index (χ2n) is 7.69. The Kier molecular flexibility index (Phi) is 6.22. The third-order valence-electron chi connectivity index (χ3n) is 5.62. The number of aliphatic hydroxyl groups excluding tert-OH is 1. The highest BCUT2D eigenvalue weighted by Crippen LogP contribution is 2.28. The first kappa shape index (κ1) is 20.9. The number of tetrazole rings is 1. The highest BCUT2D eigenvalue weighted by molar-refractivity contribution is 5.94. The summed E-state index contributed by atoms with van der Waals surface area (Å²) in [6, 6.07) is 13.0. The average Bonchev–Trinajstić information content (AvgIpc) is 3.50. The van der Waals surface area contributed by atoms with Crippen LogP contribution < -0.4 is 4.74 Å². The second kappa shape index (κ2) is 9.22. The maximum absolute atomic E-state index is 13.1. The molecule has 1 aliphatic rings. The molecule has 4 rings (SSSR count). The highest BCUT2D eigenvalue weighted by Gasteiger charge is 2.28. The lowest BCUT2D eigenvalue weighted by Crippen LogP contribution is -2.29. The van der Waals surface area contributed by atoms with Crippen molar-refractivity contribution in [3.05, 3.63) is 71.8 Å². The van der Waals surface area contributed by atoms with Gasteiger partial charge in [-0.25, -0.2) is 4.39 Å². The lowest BCUT2D eigenvalue weighted by molar-refractivity contribution is 0.0575. The maximum Gasteiger partial charge on any atom is 0.253 e. The van der Waals surface area contributed by atoms with E-state index in [1.165, 1.54) is 23.3 Å². The first-order chi connectivity index (χ1) is 15.0. The third kappa shape index (κ3) is 4.88. The number of hydrogen-bond acceptors (Lipinski definition) is 6. The lowest BCUT2D eigenvalue weighted by Gasteiger charge is -2.19. The van der Waals surface area contributed by atoms with Crippen LogP contribution in [0.15, 0.2) is 54.9 Å². The van der Waals surface area contributed by atoms with E-state index in [2.05, 4.69) is 15.4 Å². The standard InChI is InChI=1S/C22H24FN5O3/c1-15(28-25-14-24-26-28)21(29)13-31-20-8-4-17(5-9-20)22(30)27-11-10-18(12-27)16-2-6-19(23)7-3-16/h2-9,14-15,18,21,29H,10-13H2,1H3/t15?,18-,21+/m1/s1. The van der Waals surface area contributed by atoms with Crippen molar-refractivity contribution in [1.29, 1.82) is 0 Å². The van der Waals surface area contributed by atoms with Gasteiger partial charge in [-0.05, 0) is 60.5 Å². The van der Waals surface area contributed by atoms with Gasteiger partial charge < -0.3 is 14.7 Å². The summed E-state index contributed by atoms with van der Waals surface area (Å²) in [5, 5.41) is 21.5. The van der Waals surface area contributed by atoms with Gasteiger partial charge in [0.25, 0.3) is 5.91 Å². The Labute approximate surface area is 179 Å². The van der Waals surface area contributed by atoms with Crippen LogP contribution in [0.1, 0.15) is 41.2 Å². The van der Waals surface area contributed by atoms with E-state index in [9.17, 15) is 14.3 Å². The zero-order chi connectivity index (χ0) is 21.8. The molecule has 8 nitrogen and oxygen atoms in total. The smallest absolute Gasteiger partial charge is 0.253 e. The number of amides is 1. The van der Waals surface area contributed by atoms with Gasteiger partial charge >= 0.3 is 0 Å². The number of rotatable bonds is 7. The van der Waals surface area contributed by atoms with Crippen molar-refractivity contribution in [3.63, 3.8) is 0 Å². The highest BCUT2D eigenvalue weighted by atomic mass is 19.1. The molecule has 9 heteroatoms. The summed E-state index contributed by atoms with van der Waals surface area (Å²) in [4.78, 5) is 16.0. The van der Waals surface area contributed by atoms with Crippen LogP contribution in [0.3, 0.4) is 0 Å². The van der Waals surface area contributed by atoms with Crippen LogP contribution in [-0.2, 0) is 0 Å². The Morgan fingerprint density at radius 2 is 1.97 bits per heavy atom. The van der Waals surface area contributed by atoms with Gasteiger partial charge in [-0.15, -0.1) is 10.2 Å². The quantitative estimate of drug-likeness (QED) is 0.625. The molecule has 0 radical (unpaired) electrons. The van der Waals surface area contributed by atoms with Crippen LogP contribution in [-0.4, -0.2) is 61.9 Å². The van der Waals surface area contributed by atoms with E-state index >= 15 is 0 Å². The fourth-order valence-electron chi connectivity index (χ4n) is 3.66. The molecule has 0 bridgehead atoms. The SMILES string of the molecule is CC([C@@H](O)COc1ccc(C(=O)N2CC[C@@H](c3ccc(F)cc3)C2)cc1)n1ncnn1. The van der Waals surface area contributed by atoms with E-state index in [0.717, 1.165) is 12.0 Å². The monoisotopic (exact) mass is 425 g/mol. The molecule has 2 heterocycles. The summed E-state index contributed by atoms with van der Waals surface area (Å²) < 4.78 is 18.8. The molecule has 0 saturated carbocycles. The molecule has 1 unspecified atom stereocenters. The minimum atomic E-state index is -0.816. The maximum atomic E-state index is 13.1. The molecule has 1 fully saturated rings. The van der Waals surface area contributed by atoms with Gasteiger partial charge in [-0.1, -0.05) is 12.1 Å². The van der Waals surface area contributed by atoms with E-state index in [4.69, 9.17) is 4.74 Å². The number of halogens is 1. The normalized spacial score (nSPS) is 18.0. The summed E-state index contributed by atoms with van der Waals surface area (Å²) in [7, 11) is 0. The number of carbonyl (C=O) groups excluding carboxylic acids is 1. The number of likely N-dealkylation sites (tertiary alicyclic amines) is 1. The zero-order valence-electron chi connectivity index (χ0n) is 17.1. The predicted octanol–water partition coefficient (Wildman–Crippen LogP) is 2.44. The van der Waals surface area contributed by atoms with Gasteiger partial charge in [-0.2, -0.15) is 4.80 Å². The van der Waals surface area contributed by atoms with Gasteiger partial charge in [0.1, 0.15) is 24.3 Å². The van der Waals surface area contributed by atoms with Gasteiger partial charge in [0, 0.05) is 24.6 Å². The van der Waals surface area contributed by atoms with Crippen molar-refractivity contribution in [2.75, 3.05) is 19.7 Å². The molecule has 1 aliphatic heterocycles. The molecule has 0 spiro atoms. The number of benzene rings is 2. The zero-order valence-corrected chi connectivity index (χ0v) is 17.1. The molecular formula is C22H24FN5O3. The Bertz CT molecular complexity index is 995. The van der Waals surface area contributed by atoms with Crippen molar-refractivity contribution in [2.45, 2.75) is 31.4 Å². The van der Waals surface area contributed by atoms with Crippen molar-refractivity contribution >= 4 is 5.91 Å². The van der Waals surface area contributed by atoms with Crippen LogP contribution in [0.4, 0.5) is 4.39 Å². The van der Waals surface area contributed by atoms with Crippen LogP contribution in [0.25, 0.3) is 0 Å². The van der Waals surface area contributed by atoms with E-state index in [1.54, 1.807) is 43.3 Å². The first-order valence-electron chi connectivity index (χ1n) is 10.2. The topological polar surface area (TPSA) is 93.4 Å². The van der Waals surface area contributed by atoms with Crippen molar-refractivity contribution in [2.24, 2.45) is 0 Å². The number of hydrogen-bond donors (Lipinski definition) is 1. The summed E-state index contributed by atoms with van der Waals surface area (Å²) in [6.07, 6.45) is 1.35. The fourth-order valence-corrected chi connectivity index (χ4v) is 3.66. The van der Waals surface area contributed by atoms with Crippen molar-refractivity contribution < 1.29 is 19.0 Å². The Hall–Kier alpha value is -3.33. The Morgan fingerprint density at radius 3 is 2.65 bits per heavy atom. The van der Waals surface area contributed by atoms with Gasteiger partial charge in [0.2, 0.25) is 0 Å². The van der Waals surface area contributed by atoms with Crippen molar-refractivity contribution in [3.8, 4) is 5.75 Å². The summed E-state index contributed by atoms with van der Waals surface area (Å²) >= 11 is 0. The van der Waals surface area contributed by atoms with Crippen LogP contribution in [0, 0.1) is 5.82 Å². The molecule has 1 amide bonds. The molecule has 162 valence electrons. The Morgan fingerprint density at radius 1 is 1.23 bits per heavy atom. The molecule has 1 aromatic heterocycles. The van der Waals surface area contributed by atoms with Crippen molar-refractivity contribution in [1.82, 2.24) is 25.1 Å². The number of aromatic nitrogens is 4. The average molecular weight is 425 g/mol. The number of ether oxygens (including phenoxy) is 1. The predicted molar refractivity (Wildman–Crippen MR) is 110 cm³/mol. The van der Waals surface area contributed by atoms with Crippen LogP contribution in [0.5, 0.6) is 5.75 Å². The molecule has 3 atom stereocenters. The molecular weight excluding hydrogens is 401 g/mol. The van der Waals surface area contributed by atoms with E-state index in [-0.39, 0.29) is 30.3 Å². The van der Waals surface area contributed by atoms with E-state index < -0.39 is 6.10 Å². The molecule has 2 aromatic carbocycles. The number of aliphatic hydroxyl groups is 1. The molecule has 0 aliphatic carbocycles. The second-order valence-corrected chi connectivity index (χ2v) is 7.69. The van der Waals surface area contributed by atoms with Gasteiger partial charge in [0.05, 0.1) is 6.04 Å². The molecule has 1 N–H and O–H groups in total. The molecule has 1 saturated heterocycles.